The highest BCUT2D eigenvalue weighted by Gasteiger charge is 2.52. The third-order valence-corrected chi connectivity index (χ3v) is 9.27. The van der Waals surface area contributed by atoms with E-state index in [2.05, 4.69) is 27.7 Å². The predicted octanol–water partition coefficient (Wildman–Crippen LogP) is 6.31. The Bertz CT molecular complexity index is 335. The van der Waals surface area contributed by atoms with E-state index in [-0.39, 0.29) is 11.1 Å². The SMILES string of the molecule is CCCCCCCCCCCC(C(CCC)C(C)(C)N)[Si](OC)(OC)OC. The fourth-order valence-corrected chi connectivity index (χ4v) is 7.46. The van der Waals surface area contributed by atoms with Crippen molar-refractivity contribution >= 4 is 8.80 Å². The molecule has 0 amide bonds. The summed E-state index contributed by atoms with van der Waals surface area (Å²) < 4.78 is 17.7. The van der Waals surface area contributed by atoms with Crippen LogP contribution in [0.5, 0.6) is 0 Å². The molecule has 5 heteroatoms. The molecule has 0 rings (SSSR count). The highest BCUT2D eigenvalue weighted by Crippen LogP contribution is 2.43. The first-order chi connectivity index (χ1) is 12.8. The summed E-state index contributed by atoms with van der Waals surface area (Å²) in [5.74, 6) is 0.336. The lowest BCUT2D eigenvalue weighted by molar-refractivity contribution is 0.0869. The van der Waals surface area contributed by atoms with Crippen molar-refractivity contribution in [3.63, 3.8) is 0 Å². The summed E-state index contributed by atoms with van der Waals surface area (Å²) in [6.07, 6.45) is 15.3. The van der Waals surface area contributed by atoms with Crippen LogP contribution in [0.2, 0.25) is 5.54 Å². The molecule has 0 aromatic carbocycles. The second kappa shape index (κ2) is 15.0. The molecule has 4 nitrogen and oxygen atoms in total. The Kier molecular flexibility index (Phi) is 15.0. The van der Waals surface area contributed by atoms with E-state index in [0.29, 0.717) is 5.92 Å². The maximum atomic E-state index is 6.59. The normalized spacial score (nSPS) is 15.1. The quantitative estimate of drug-likeness (QED) is 0.215. The first-order valence-corrected chi connectivity index (χ1v) is 13.1. The molecule has 2 N–H and O–H groups in total. The first-order valence-electron chi connectivity index (χ1n) is 11.3. The molecule has 0 bridgehead atoms. The molecule has 0 aromatic rings. The molecule has 0 saturated heterocycles. The number of nitrogens with two attached hydrogens (primary N) is 1. The van der Waals surface area contributed by atoms with Crippen molar-refractivity contribution in [2.75, 3.05) is 21.3 Å². The summed E-state index contributed by atoms with van der Waals surface area (Å²) in [5.41, 5.74) is 6.57. The molecule has 0 fully saturated rings. The van der Waals surface area contributed by atoms with Crippen LogP contribution in [0.15, 0.2) is 0 Å². The monoisotopic (exact) mass is 403 g/mol. The molecule has 0 aromatic heterocycles. The Morgan fingerprint density at radius 3 is 1.52 bits per heavy atom. The molecule has 0 aliphatic rings. The van der Waals surface area contributed by atoms with Crippen LogP contribution in [0.1, 0.15) is 105 Å². The summed E-state index contributed by atoms with van der Waals surface area (Å²) in [7, 11) is 2.47. The number of hydrogen-bond acceptors (Lipinski definition) is 4. The van der Waals surface area contributed by atoms with Gasteiger partial charge in [0, 0.05) is 32.4 Å². The lowest BCUT2D eigenvalue weighted by atomic mass is 9.80. The van der Waals surface area contributed by atoms with Crippen LogP contribution in [-0.4, -0.2) is 35.7 Å². The van der Waals surface area contributed by atoms with Crippen molar-refractivity contribution in [2.24, 2.45) is 11.7 Å². The van der Waals surface area contributed by atoms with Gasteiger partial charge in [-0.1, -0.05) is 78.1 Å². The number of unbranched alkanes of at least 4 members (excludes halogenated alkanes) is 8. The Morgan fingerprint density at radius 1 is 0.704 bits per heavy atom. The van der Waals surface area contributed by atoms with Gasteiger partial charge in [0.25, 0.3) is 0 Å². The minimum Gasteiger partial charge on any atom is -0.377 e. The third-order valence-electron chi connectivity index (χ3n) is 5.97. The van der Waals surface area contributed by atoms with E-state index in [0.717, 1.165) is 19.3 Å². The highest BCUT2D eigenvalue weighted by atomic mass is 28.4. The van der Waals surface area contributed by atoms with Crippen LogP contribution < -0.4 is 5.73 Å². The maximum absolute atomic E-state index is 6.59. The molecular formula is C22H49NO3Si. The van der Waals surface area contributed by atoms with E-state index in [4.69, 9.17) is 19.0 Å². The van der Waals surface area contributed by atoms with E-state index < -0.39 is 8.80 Å². The predicted molar refractivity (Wildman–Crippen MR) is 119 cm³/mol. The summed E-state index contributed by atoms with van der Waals surface area (Å²) in [5, 5.41) is 0. The summed E-state index contributed by atoms with van der Waals surface area (Å²) in [4.78, 5) is 0. The number of rotatable bonds is 18. The van der Waals surface area contributed by atoms with Crippen molar-refractivity contribution in [3.05, 3.63) is 0 Å². The average Bonchev–Trinajstić information content (AvgIpc) is 2.64. The van der Waals surface area contributed by atoms with E-state index >= 15 is 0 Å². The Morgan fingerprint density at radius 2 is 1.15 bits per heavy atom. The van der Waals surface area contributed by atoms with Crippen LogP contribution in [0, 0.1) is 5.92 Å². The van der Waals surface area contributed by atoms with Gasteiger partial charge in [-0.15, -0.1) is 0 Å². The van der Waals surface area contributed by atoms with Gasteiger partial charge in [0.05, 0.1) is 0 Å². The van der Waals surface area contributed by atoms with Crippen LogP contribution in [-0.2, 0) is 13.3 Å². The maximum Gasteiger partial charge on any atom is 0.503 e. The van der Waals surface area contributed by atoms with Crippen LogP contribution in [0.3, 0.4) is 0 Å². The minimum absolute atomic E-state index is 0.252. The van der Waals surface area contributed by atoms with Gasteiger partial charge in [0.2, 0.25) is 0 Å². The van der Waals surface area contributed by atoms with Gasteiger partial charge < -0.3 is 19.0 Å². The van der Waals surface area contributed by atoms with Gasteiger partial charge in [-0.2, -0.15) is 0 Å². The van der Waals surface area contributed by atoms with Gasteiger partial charge in [-0.05, 0) is 32.6 Å². The molecule has 0 radical (unpaired) electrons. The van der Waals surface area contributed by atoms with Gasteiger partial charge in [0.1, 0.15) is 0 Å². The van der Waals surface area contributed by atoms with Crippen molar-refractivity contribution in [2.45, 2.75) is 116 Å². The van der Waals surface area contributed by atoms with Crippen molar-refractivity contribution in [3.8, 4) is 0 Å². The molecule has 0 aliphatic carbocycles. The minimum atomic E-state index is -2.73. The van der Waals surface area contributed by atoms with Crippen molar-refractivity contribution in [1.29, 1.82) is 0 Å². The average molecular weight is 404 g/mol. The standard InChI is InChI=1S/C22H49NO3Si/c1-8-10-11-12-13-14-15-16-17-19-21(27(24-5,25-6)26-7)20(18-9-2)22(3,4)23/h20-21H,8-19,23H2,1-7H3. The van der Waals surface area contributed by atoms with E-state index in [1.807, 2.05) is 0 Å². The molecular weight excluding hydrogens is 354 g/mol. The van der Waals surface area contributed by atoms with Gasteiger partial charge in [-0.25, -0.2) is 0 Å². The zero-order chi connectivity index (χ0) is 20.8. The molecule has 0 aliphatic heterocycles. The van der Waals surface area contributed by atoms with Crippen LogP contribution in [0.25, 0.3) is 0 Å². The topological polar surface area (TPSA) is 53.7 Å². The third kappa shape index (κ3) is 9.89. The second-order valence-electron chi connectivity index (χ2n) is 8.66. The van der Waals surface area contributed by atoms with Crippen molar-refractivity contribution in [1.82, 2.24) is 0 Å². The van der Waals surface area contributed by atoms with Gasteiger partial charge >= 0.3 is 8.80 Å². The Hall–Kier alpha value is 0.0569. The van der Waals surface area contributed by atoms with E-state index in [1.165, 1.54) is 57.8 Å². The van der Waals surface area contributed by atoms with Crippen LogP contribution in [0.4, 0.5) is 0 Å². The molecule has 164 valence electrons. The van der Waals surface area contributed by atoms with E-state index in [1.54, 1.807) is 21.3 Å². The molecule has 27 heavy (non-hydrogen) atoms. The molecule has 0 spiro atoms. The smallest absolute Gasteiger partial charge is 0.377 e. The fraction of sp³-hybridized carbons (Fsp3) is 1.00. The summed E-state index contributed by atoms with van der Waals surface area (Å²) in [6, 6.07) is 0. The zero-order valence-electron chi connectivity index (χ0n) is 19.4. The molecule has 2 unspecified atom stereocenters. The van der Waals surface area contributed by atoms with Gasteiger partial charge in [0.15, 0.2) is 0 Å². The Balaban J connectivity index is 4.78. The zero-order valence-corrected chi connectivity index (χ0v) is 20.4. The van der Waals surface area contributed by atoms with Crippen LogP contribution >= 0.6 is 0 Å². The highest BCUT2D eigenvalue weighted by molar-refractivity contribution is 6.62. The second-order valence-corrected chi connectivity index (χ2v) is 11.8. The lowest BCUT2D eigenvalue weighted by Crippen LogP contribution is -2.55. The van der Waals surface area contributed by atoms with Gasteiger partial charge in [-0.3, -0.25) is 0 Å². The van der Waals surface area contributed by atoms with E-state index in [9.17, 15) is 0 Å². The summed E-state index contributed by atoms with van der Waals surface area (Å²) in [6.45, 7) is 8.77. The Labute approximate surface area is 171 Å². The largest absolute Gasteiger partial charge is 0.503 e. The molecule has 0 heterocycles. The lowest BCUT2D eigenvalue weighted by Gasteiger charge is -2.43. The number of hydrogen-bond donors (Lipinski definition) is 1. The first kappa shape index (κ1) is 27.1. The van der Waals surface area contributed by atoms with Crippen molar-refractivity contribution < 1.29 is 13.3 Å². The molecule has 2 atom stereocenters. The summed E-state index contributed by atoms with van der Waals surface area (Å²) >= 11 is 0. The molecule has 0 saturated carbocycles. The fourth-order valence-electron chi connectivity index (χ4n) is 4.41.